The Labute approximate surface area is 143 Å². The van der Waals surface area contributed by atoms with Crippen molar-refractivity contribution in [2.45, 2.75) is 45.8 Å². The van der Waals surface area contributed by atoms with Gasteiger partial charge in [0.15, 0.2) is 0 Å². The molecule has 1 saturated heterocycles. The average Bonchev–Trinajstić information content (AvgIpc) is 3.26. The zero-order valence-corrected chi connectivity index (χ0v) is 14.7. The highest BCUT2D eigenvalue weighted by Crippen LogP contribution is 2.48. The number of carbonyl (C=O) groups excluding carboxylic acids is 2. The van der Waals surface area contributed by atoms with E-state index in [9.17, 15) is 9.59 Å². The molecule has 5 heteroatoms. The van der Waals surface area contributed by atoms with E-state index < -0.39 is 5.60 Å². The molecule has 0 N–H and O–H groups in total. The van der Waals surface area contributed by atoms with E-state index in [0.29, 0.717) is 13.1 Å². The molecular formula is C19H26N2O3. The third kappa shape index (κ3) is 4.08. The number of benzene rings is 1. The van der Waals surface area contributed by atoms with Gasteiger partial charge in [-0.15, -0.1) is 0 Å². The van der Waals surface area contributed by atoms with Crippen molar-refractivity contribution in [1.29, 1.82) is 0 Å². The molecule has 1 aromatic rings. The van der Waals surface area contributed by atoms with Gasteiger partial charge in [0, 0.05) is 25.0 Å². The van der Waals surface area contributed by atoms with Crippen molar-refractivity contribution in [2.24, 2.45) is 5.41 Å². The minimum atomic E-state index is -0.549. The minimum Gasteiger partial charge on any atom is -0.444 e. The Morgan fingerprint density at radius 1 is 1.17 bits per heavy atom. The van der Waals surface area contributed by atoms with Gasteiger partial charge in [-0.05, 0) is 39.2 Å². The molecule has 2 amide bonds. The van der Waals surface area contributed by atoms with Crippen molar-refractivity contribution >= 4 is 12.0 Å². The zero-order chi connectivity index (χ0) is 17.4. The summed E-state index contributed by atoms with van der Waals surface area (Å²) in [6.45, 7) is 7.57. The average molecular weight is 330 g/mol. The number of rotatable bonds is 2. The fourth-order valence-corrected chi connectivity index (χ4v) is 3.16. The summed E-state index contributed by atoms with van der Waals surface area (Å²) in [5.74, 6) is -0.00603. The predicted octanol–water partition coefficient (Wildman–Crippen LogP) is 3.05. The predicted molar refractivity (Wildman–Crippen MR) is 91.3 cm³/mol. The van der Waals surface area contributed by atoms with E-state index in [2.05, 4.69) is 0 Å². The van der Waals surface area contributed by atoms with Crippen LogP contribution in [-0.2, 0) is 16.1 Å². The summed E-state index contributed by atoms with van der Waals surface area (Å²) in [6.07, 6.45) is 1.74. The molecule has 5 nitrogen and oxygen atoms in total. The molecule has 2 aliphatic rings. The molecule has 1 aromatic carbocycles. The van der Waals surface area contributed by atoms with E-state index in [0.717, 1.165) is 24.9 Å². The highest BCUT2D eigenvalue weighted by molar-refractivity contribution is 5.83. The lowest BCUT2D eigenvalue weighted by molar-refractivity contribution is -0.132. The largest absolute Gasteiger partial charge is 0.444 e. The van der Waals surface area contributed by atoms with Crippen LogP contribution in [0, 0.1) is 5.41 Å². The van der Waals surface area contributed by atoms with Crippen molar-refractivity contribution in [3.05, 3.63) is 35.9 Å². The van der Waals surface area contributed by atoms with E-state index in [4.69, 9.17) is 4.74 Å². The SMILES string of the molecule is CC(C)(C)OC(=O)N1CC(=O)N(Cc2ccccc2)CC2(CC2)C1. The summed E-state index contributed by atoms with van der Waals surface area (Å²) >= 11 is 0. The van der Waals surface area contributed by atoms with Gasteiger partial charge in [-0.1, -0.05) is 30.3 Å². The zero-order valence-electron chi connectivity index (χ0n) is 14.7. The quantitative estimate of drug-likeness (QED) is 0.837. The van der Waals surface area contributed by atoms with Crippen LogP contribution in [0.25, 0.3) is 0 Å². The fraction of sp³-hybridized carbons (Fsp3) is 0.579. The van der Waals surface area contributed by atoms with Gasteiger partial charge in [0.25, 0.3) is 0 Å². The van der Waals surface area contributed by atoms with Crippen molar-refractivity contribution in [3.63, 3.8) is 0 Å². The van der Waals surface area contributed by atoms with Gasteiger partial charge in [0.05, 0.1) is 0 Å². The lowest BCUT2D eigenvalue weighted by atomic mass is 10.1. The Balaban J connectivity index is 1.73. The van der Waals surface area contributed by atoms with Crippen LogP contribution in [0.5, 0.6) is 0 Å². The van der Waals surface area contributed by atoms with Crippen molar-refractivity contribution < 1.29 is 14.3 Å². The van der Waals surface area contributed by atoms with Crippen LogP contribution in [0.2, 0.25) is 0 Å². The summed E-state index contributed by atoms with van der Waals surface area (Å²) in [7, 11) is 0. The van der Waals surface area contributed by atoms with Gasteiger partial charge >= 0.3 is 6.09 Å². The first-order chi connectivity index (χ1) is 11.3. The smallest absolute Gasteiger partial charge is 0.410 e. The van der Waals surface area contributed by atoms with Crippen LogP contribution < -0.4 is 0 Å². The lowest BCUT2D eigenvalue weighted by Gasteiger charge is -2.27. The van der Waals surface area contributed by atoms with E-state index in [1.165, 1.54) is 0 Å². The molecule has 0 bridgehead atoms. The van der Waals surface area contributed by atoms with Crippen LogP contribution in [0.15, 0.2) is 30.3 Å². The summed E-state index contributed by atoms with van der Waals surface area (Å²) in [5, 5.41) is 0. The first-order valence-electron chi connectivity index (χ1n) is 8.56. The van der Waals surface area contributed by atoms with Crippen molar-refractivity contribution in [2.75, 3.05) is 19.6 Å². The highest BCUT2D eigenvalue weighted by atomic mass is 16.6. The topological polar surface area (TPSA) is 49.9 Å². The second kappa shape index (κ2) is 6.11. The Morgan fingerprint density at radius 2 is 1.83 bits per heavy atom. The number of nitrogens with zero attached hydrogens (tertiary/aromatic N) is 2. The van der Waals surface area contributed by atoms with Crippen LogP contribution in [0.3, 0.4) is 0 Å². The maximum Gasteiger partial charge on any atom is 0.410 e. The van der Waals surface area contributed by atoms with E-state index in [-0.39, 0.29) is 24.0 Å². The Morgan fingerprint density at radius 3 is 2.42 bits per heavy atom. The third-order valence-electron chi connectivity index (χ3n) is 4.56. The number of hydrogen-bond donors (Lipinski definition) is 0. The van der Waals surface area contributed by atoms with E-state index >= 15 is 0 Å². The molecule has 2 fully saturated rings. The van der Waals surface area contributed by atoms with E-state index in [1.807, 2.05) is 56.0 Å². The molecule has 130 valence electrons. The van der Waals surface area contributed by atoms with E-state index in [1.54, 1.807) is 4.90 Å². The number of ether oxygens (including phenoxy) is 1. The molecular weight excluding hydrogens is 304 g/mol. The highest BCUT2D eigenvalue weighted by Gasteiger charge is 2.49. The minimum absolute atomic E-state index is 0.00603. The molecule has 3 rings (SSSR count). The lowest BCUT2D eigenvalue weighted by Crippen LogP contribution is -2.42. The maximum atomic E-state index is 12.7. The van der Waals surface area contributed by atoms with Crippen LogP contribution >= 0.6 is 0 Å². The van der Waals surface area contributed by atoms with Gasteiger partial charge in [-0.3, -0.25) is 9.69 Å². The Kier molecular flexibility index (Phi) is 4.28. The summed E-state index contributed by atoms with van der Waals surface area (Å²) in [4.78, 5) is 28.6. The van der Waals surface area contributed by atoms with Gasteiger partial charge in [0.2, 0.25) is 5.91 Å². The molecule has 1 saturated carbocycles. The van der Waals surface area contributed by atoms with Gasteiger partial charge < -0.3 is 9.64 Å². The monoisotopic (exact) mass is 330 g/mol. The Hall–Kier alpha value is -2.04. The molecule has 0 aromatic heterocycles. The number of hydrogen-bond acceptors (Lipinski definition) is 3. The maximum absolute atomic E-state index is 12.7. The third-order valence-corrected chi connectivity index (χ3v) is 4.56. The molecule has 0 radical (unpaired) electrons. The van der Waals surface area contributed by atoms with Gasteiger partial charge in [0.1, 0.15) is 12.1 Å². The molecule has 1 heterocycles. The van der Waals surface area contributed by atoms with Crippen LogP contribution in [0.4, 0.5) is 4.79 Å². The second-order valence-corrected chi connectivity index (χ2v) is 8.07. The number of carbonyl (C=O) groups is 2. The molecule has 1 spiro atoms. The van der Waals surface area contributed by atoms with Crippen LogP contribution in [-0.4, -0.2) is 47.0 Å². The second-order valence-electron chi connectivity index (χ2n) is 8.07. The summed E-state index contributed by atoms with van der Waals surface area (Å²) < 4.78 is 5.47. The molecule has 0 unspecified atom stereocenters. The first kappa shape index (κ1) is 16.8. The number of amides is 2. The van der Waals surface area contributed by atoms with Crippen molar-refractivity contribution in [1.82, 2.24) is 9.80 Å². The van der Waals surface area contributed by atoms with Crippen LogP contribution in [0.1, 0.15) is 39.2 Å². The van der Waals surface area contributed by atoms with Gasteiger partial charge in [-0.2, -0.15) is 0 Å². The van der Waals surface area contributed by atoms with Gasteiger partial charge in [-0.25, -0.2) is 4.79 Å². The molecule has 24 heavy (non-hydrogen) atoms. The standard InChI is InChI=1S/C19H26N2O3/c1-18(2,3)24-17(23)21-12-16(22)20(13-19(14-21)9-10-19)11-15-7-5-4-6-8-15/h4-8H,9-14H2,1-3H3. The molecule has 1 aliphatic carbocycles. The summed E-state index contributed by atoms with van der Waals surface area (Å²) in [6, 6.07) is 10.0. The first-order valence-corrected chi connectivity index (χ1v) is 8.56. The fourth-order valence-electron chi connectivity index (χ4n) is 3.16. The molecule has 1 aliphatic heterocycles. The molecule has 0 atom stereocenters. The normalized spacial score (nSPS) is 20.0. The van der Waals surface area contributed by atoms with Crippen molar-refractivity contribution in [3.8, 4) is 0 Å². The summed E-state index contributed by atoms with van der Waals surface area (Å²) in [5.41, 5.74) is 0.623. The Bertz CT molecular complexity index is 617.